The number of benzene rings is 1. The Bertz CT molecular complexity index is 918. The number of esters is 1. The van der Waals surface area contributed by atoms with Crippen LogP contribution >= 0.6 is 22.7 Å². The second-order valence-electron chi connectivity index (χ2n) is 6.36. The van der Waals surface area contributed by atoms with Gasteiger partial charge in [-0.05, 0) is 24.3 Å². The monoisotopic (exact) mass is 398 g/mol. The van der Waals surface area contributed by atoms with E-state index in [1.165, 1.54) is 11.3 Å². The molecule has 1 aliphatic rings. The summed E-state index contributed by atoms with van der Waals surface area (Å²) in [5, 5.41) is 7.66. The lowest BCUT2D eigenvalue weighted by Gasteiger charge is -2.17. The maximum atomic E-state index is 12.5. The van der Waals surface area contributed by atoms with Crippen molar-refractivity contribution in [3.63, 3.8) is 0 Å². The molecule has 3 aromatic rings. The standard InChI is InChI=1S/C20H18N2O3S2/c23-17(11-15-12-27-20(22-15)16-7-4-10-26-16)25-18(13-5-2-1-3-6-13)19(24)21-14-8-9-14/h1-7,10,12,14,18H,8-9,11H2,(H,21,24)/t18-/m0/s1. The first kappa shape index (κ1) is 17.9. The quantitative estimate of drug-likeness (QED) is 0.612. The third-order valence-corrected chi connectivity index (χ3v) is 6.05. The molecular weight excluding hydrogens is 380 g/mol. The number of ether oxygens (including phenoxy) is 1. The molecule has 7 heteroatoms. The number of amides is 1. The van der Waals surface area contributed by atoms with Gasteiger partial charge in [-0.2, -0.15) is 0 Å². The second-order valence-corrected chi connectivity index (χ2v) is 8.17. The Balaban J connectivity index is 1.44. The summed E-state index contributed by atoms with van der Waals surface area (Å²) in [5.74, 6) is -0.729. The number of carbonyl (C=O) groups excluding carboxylic acids is 2. The van der Waals surface area contributed by atoms with Crippen molar-refractivity contribution in [1.82, 2.24) is 10.3 Å². The normalized spacial score (nSPS) is 14.5. The minimum atomic E-state index is -0.935. The average Bonchev–Trinajstić information content (AvgIpc) is 3.13. The van der Waals surface area contributed by atoms with E-state index >= 15 is 0 Å². The van der Waals surface area contributed by atoms with E-state index in [0.717, 1.165) is 22.7 Å². The largest absolute Gasteiger partial charge is 0.447 e. The molecule has 0 aliphatic heterocycles. The molecule has 1 saturated carbocycles. The fourth-order valence-corrected chi connectivity index (χ4v) is 4.26. The molecule has 0 unspecified atom stereocenters. The fourth-order valence-electron chi connectivity index (χ4n) is 2.63. The fraction of sp³-hybridized carbons (Fsp3) is 0.250. The molecule has 138 valence electrons. The van der Waals surface area contributed by atoms with Gasteiger partial charge in [0, 0.05) is 17.0 Å². The van der Waals surface area contributed by atoms with Gasteiger partial charge >= 0.3 is 5.97 Å². The van der Waals surface area contributed by atoms with Crippen LogP contribution in [-0.2, 0) is 20.7 Å². The van der Waals surface area contributed by atoms with Crippen molar-refractivity contribution in [1.29, 1.82) is 0 Å². The van der Waals surface area contributed by atoms with E-state index in [9.17, 15) is 9.59 Å². The third kappa shape index (κ3) is 4.61. The molecule has 5 nitrogen and oxygen atoms in total. The van der Waals surface area contributed by atoms with Crippen molar-refractivity contribution in [2.45, 2.75) is 31.4 Å². The van der Waals surface area contributed by atoms with E-state index in [2.05, 4.69) is 10.3 Å². The number of hydrogen-bond acceptors (Lipinski definition) is 6. The van der Waals surface area contributed by atoms with Crippen molar-refractivity contribution in [3.8, 4) is 9.88 Å². The molecule has 0 saturated heterocycles. The smallest absolute Gasteiger partial charge is 0.313 e. The van der Waals surface area contributed by atoms with Crippen molar-refractivity contribution >= 4 is 34.6 Å². The van der Waals surface area contributed by atoms with E-state index in [1.54, 1.807) is 23.5 Å². The second kappa shape index (κ2) is 8.02. The minimum absolute atomic E-state index is 0.0436. The summed E-state index contributed by atoms with van der Waals surface area (Å²) >= 11 is 3.11. The average molecular weight is 399 g/mol. The molecule has 4 rings (SSSR count). The highest BCUT2D eigenvalue weighted by molar-refractivity contribution is 7.20. The van der Waals surface area contributed by atoms with E-state index in [-0.39, 0.29) is 18.4 Å². The zero-order valence-corrected chi connectivity index (χ0v) is 16.1. The summed E-state index contributed by atoms with van der Waals surface area (Å²) in [6.07, 6.45) is 1.06. The number of rotatable bonds is 7. The molecule has 1 N–H and O–H groups in total. The Morgan fingerprint density at radius 3 is 2.67 bits per heavy atom. The molecule has 1 aliphatic carbocycles. The lowest BCUT2D eigenvalue weighted by Crippen LogP contribution is -2.33. The zero-order valence-electron chi connectivity index (χ0n) is 14.5. The van der Waals surface area contributed by atoms with Crippen LogP contribution in [-0.4, -0.2) is 22.9 Å². The number of thiophene rings is 1. The highest BCUT2D eigenvalue weighted by atomic mass is 32.1. The summed E-state index contributed by atoms with van der Waals surface area (Å²) < 4.78 is 5.55. The first-order valence-corrected chi connectivity index (χ1v) is 10.5. The molecule has 1 atom stereocenters. The maximum Gasteiger partial charge on any atom is 0.313 e. The number of hydrogen-bond donors (Lipinski definition) is 1. The van der Waals surface area contributed by atoms with Crippen LogP contribution in [0.25, 0.3) is 9.88 Å². The van der Waals surface area contributed by atoms with Gasteiger partial charge in [-0.25, -0.2) is 4.98 Å². The Labute approximate surface area is 165 Å². The minimum Gasteiger partial charge on any atom is -0.447 e. The summed E-state index contributed by atoms with van der Waals surface area (Å²) in [4.78, 5) is 30.6. The predicted octanol–water partition coefficient (Wildman–Crippen LogP) is 3.98. The molecule has 0 bridgehead atoms. The number of thiazole rings is 1. The molecule has 0 spiro atoms. The van der Waals surface area contributed by atoms with Gasteiger partial charge < -0.3 is 10.1 Å². The Kier molecular flexibility index (Phi) is 5.31. The summed E-state index contributed by atoms with van der Waals surface area (Å²) in [5.41, 5.74) is 1.32. The summed E-state index contributed by atoms with van der Waals surface area (Å²) in [6, 6.07) is 13.3. The third-order valence-electron chi connectivity index (χ3n) is 4.12. The summed E-state index contributed by atoms with van der Waals surface area (Å²) in [6.45, 7) is 0. The molecule has 2 heterocycles. The van der Waals surface area contributed by atoms with Crippen molar-refractivity contribution in [3.05, 3.63) is 64.5 Å². The predicted molar refractivity (Wildman–Crippen MR) is 106 cm³/mol. The van der Waals surface area contributed by atoms with Gasteiger partial charge in [0.05, 0.1) is 17.0 Å². The van der Waals surface area contributed by atoms with Crippen molar-refractivity contribution < 1.29 is 14.3 Å². The van der Waals surface area contributed by atoms with Crippen LogP contribution in [0.4, 0.5) is 0 Å². The van der Waals surface area contributed by atoms with Crippen molar-refractivity contribution in [2.24, 2.45) is 0 Å². The van der Waals surface area contributed by atoms with E-state index in [4.69, 9.17) is 4.74 Å². The number of nitrogens with one attached hydrogen (secondary N) is 1. The molecule has 2 aromatic heterocycles. The van der Waals surface area contributed by atoms with Crippen LogP contribution in [0.2, 0.25) is 0 Å². The lowest BCUT2D eigenvalue weighted by molar-refractivity contribution is -0.156. The zero-order chi connectivity index (χ0) is 18.6. The topological polar surface area (TPSA) is 68.3 Å². The highest BCUT2D eigenvalue weighted by Gasteiger charge is 2.30. The Hall–Kier alpha value is -2.51. The van der Waals surface area contributed by atoms with Gasteiger partial charge in [0.25, 0.3) is 5.91 Å². The molecule has 0 radical (unpaired) electrons. The molecule has 27 heavy (non-hydrogen) atoms. The van der Waals surface area contributed by atoms with Crippen LogP contribution < -0.4 is 5.32 Å². The van der Waals surface area contributed by atoms with Crippen LogP contribution in [0, 0.1) is 0 Å². The highest BCUT2D eigenvalue weighted by Crippen LogP contribution is 2.28. The van der Waals surface area contributed by atoms with Crippen LogP contribution in [0.1, 0.15) is 30.2 Å². The SMILES string of the molecule is O=C(Cc1csc(-c2cccs2)n1)O[C@H](C(=O)NC1CC1)c1ccccc1. The van der Waals surface area contributed by atoms with Gasteiger partial charge in [0.1, 0.15) is 5.01 Å². The van der Waals surface area contributed by atoms with Gasteiger partial charge in [-0.3, -0.25) is 9.59 Å². The van der Waals surface area contributed by atoms with Crippen LogP contribution in [0.3, 0.4) is 0 Å². The first-order chi connectivity index (χ1) is 13.2. The van der Waals surface area contributed by atoms with Gasteiger partial charge in [-0.15, -0.1) is 22.7 Å². The lowest BCUT2D eigenvalue weighted by atomic mass is 10.1. The molecule has 1 amide bonds. The van der Waals surface area contributed by atoms with E-state index < -0.39 is 12.1 Å². The van der Waals surface area contributed by atoms with E-state index in [0.29, 0.717) is 11.3 Å². The number of carbonyl (C=O) groups is 2. The van der Waals surface area contributed by atoms with Crippen molar-refractivity contribution in [2.75, 3.05) is 0 Å². The van der Waals surface area contributed by atoms with E-state index in [1.807, 2.05) is 41.1 Å². The van der Waals surface area contributed by atoms with Gasteiger partial charge in [0.15, 0.2) is 0 Å². The molecular formula is C20H18N2O3S2. The maximum absolute atomic E-state index is 12.5. The van der Waals surface area contributed by atoms with Crippen LogP contribution in [0.5, 0.6) is 0 Å². The van der Waals surface area contributed by atoms with Gasteiger partial charge in [-0.1, -0.05) is 36.4 Å². The summed E-state index contributed by atoms with van der Waals surface area (Å²) in [7, 11) is 0. The number of aromatic nitrogens is 1. The Morgan fingerprint density at radius 1 is 1.15 bits per heavy atom. The Morgan fingerprint density at radius 2 is 1.96 bits per heavy atom. The first-order valence-electron chi connectivity index (χ1n) is 8.72. The van der Waals surface area contributed by atoms with Crippen LogP contribution in [0.15, 0.2) is 53.2 Å². The molecule has 1 fully saturated rings. The number of nitrogens with zero attached hydrogens (tertiary/aromatic N) is 1. The molecule has 1 aromatic carbocycles. The van der Waals surface area contributed by atoms with Gasteiger partial charge in [0.2, 0.25) is 6.10 Å².